The molecule has 2 N–H and O–H groups in total. The second kappa shape index (κ2) is 6.47. The van der Waals surface area contributed by atoms with Crippen LogP contribution in [0.2, 0.25) is 0 Å². The number of pyridine rings is 1. The zero-order chi connectivity index (χ0) is 19.5. The number of halogens is 1. The predicted octanol–water partition coefficient (Wildman–Crippen LogP) is 4.08. The quantitative estimate of drug-likeness (QED) is 0.535. The fourth-order valence-electron chi connectivity index (χ4n) is 4.76. The zero-order valence-electron chi connectivity index (χ0n) is 16.0. The molecule has 6 nitrogen and oxygen atoms in total. The zero-order valence-corrected chi connectivity index (χ0v) is 16.8. The Labute approximate surface area is 171 Å². The number of benzene rings is 1. The van der Waals surface area contributed by atoms with E-state index in [1.165, 1.54) is 18.9 Å². The van der Waals surface area contributed by atoms with Crippen molar-refractivity contribution in [3.63, 3.8) is 0 Å². The first-order valence-corrected chi connectivity index (χ1v) is 10.8. The number of anilines is 1. The van der Waals surface area contributed by atoms with E-state index in [9.17, 15) is 4.39 Å². The molecule has 3 atom stereocenters. The van der Waals surface area contributed by atoms with Crippen LogP contribution in [0.3, 0.4) is 0 Å². The Morgan fingerprint density at radius 1 is 1.21 bits per heavy atom. The monoisotopic (exact) mass is 408 g/mol. The highest BCUT2D eigenvalue weighted by molar-refractivity contribution is 7.22. The van der Waals surface area contributed by atoms with E-state index in [0.717, 1.165) is 44.8 Å². The maximum atomic E-state index is 14.5. The van der Waals surface area contributed by atoms with E-state index in [2.05, 4.69) is 20.7 Å². The molecule has 2 aliphatic heterocycles. The summed E-state index contributed by atoms with van der Waals surface area (Å²) in [6.07, 6.45) is 8.48. The van der Waals surface area contributed by atoms with E-state index in [4.69, 9.17) is 4.98 Å². The van der Waals surface area contributed by atoms with E-state index in [-0.39, 0.29) is 5.82 Å². The molecule has 2 fully saturated rings. The minimum absolute atomic E-state index is 0.327. The fraction of sp³-hybridized carbons (Fsp3) is 0.381. The Balaban J connectivity index is 1.31. The highest BCUT2D eigenvalue weighted by Gasteiger charge is 2.33. The van der Waals surface area contributed by atoms with Gasteiger partial charge in [-0.25, -0.2) is 9.37 Å². The molecule has 29 heavy (non-hydrogen) atoms. The SMILES string of the molecule is Cn1cc2cc(-c3cc4sc(NC5C[C@H]6CC[C@@H](C5)N6)nc4cn3)cc(F)c2n1. The van der Waals surface area contributed by atoms with Gasteiger partial charge in [0, 0.05) is 42.3 Å². The van der Waals surface area contributed by atoms with Gasteiger partial charge >= 0.3 is 0 Å². The molecule has 1 unspecified atom stereocenters. The van der Waals surface area contributed by atoms with Crippen LogP contribution in [-0.2, 0) is 7.05 Å². The van der Waals surface area contributed by atoms with Gasteiger partial charge in [-0.1, -0.05) is 11.3 Å². The molecule has 3 aromatic heterocycles. The van der Waals surface area contributed by atoms with Gasteiger partial charge in [-0.05, 0) is 43.9 Å². The average molecular weight is 409 g/mol. The van der Waals surface area contributed by atoms with Crippen LogP contribution in [0.1, 0.15) is 25.7 Å². The molecule has 148 valence electrons. The molecule has 8 heteroatoms. The van der Waals surface area contributed by atoms with Crippen molar-refractivity contribution >= 4 is 37.6 Å². The molecule has 0 spiro atoms. The number of nitrogens with zero attached hydrogens (tertiary/aromatic N) is 4. The highest BCUT2D eigenvalue weighted by atomic mass is 32.1. The summed E-state index contributed by atoms with van der Waals surface area (Å²) in [7, 11) is 1.79. The van der Waals surface area contributed by atoms with Crippen LogP contribution < -0.4 is 10.6 Å². The number of hydrogen-bond acceptors (Lipinski definition) is 6. The van der Waals surface area contributed by atoms with Crippen LogP contribution in [-0.4, -0.2) is 37.9 Å². The number of fused-ring (bicyclic) bond motifs is 4. The summed E-state index contributed by atoms with van der Waals surface area (Å²) in [4.78, 5) is 9.26. The maximum absolute atomic E-state index is 14.5. The molecule has 6 rings (SSSR count). The largest absolute Gasteiger partial charge is 0.359 e. The molecule has 2 saturated heterocycles. The molecule has 1 aromatic carbocycles. The molecule has 2 aliphatic rings. The highest BCUT2D eigenvalue weighted by Crippen LogP contribution is 2.33. The van der Waals surface area contributed by atoms with Gasteiger partial charge in [0.2, 0.25) is 0 Å². The van der Waals surface area contributed by atoms with Crippen LogP contribution in [0.4, 0.5) is 9.52 Å². The van der Waals surface area contributed by atoms with E-state index >= 15 is 0 Å². The van der Waals surface area contributed by atoms with Crippen molar-refractivity contribution in [2.24, 2.45) is 7.05 Å². The Morgan fingerprint density at radius 2 is 2.03 bits per heavy atom. The number of aryl methyl sites for hydroxylation is 1. The normalized spacial score (nSPS) is 23.9. The summed E-state index contributed by atoms with van der Waals surface area (Å²) in [5, 5.41) is 13.2. The second-order valence-electron chi connectivity index (χ2n) is 8.21. The lowest BCUT2D eigenvalue weighted by Crippen LogP contribution is -2.43. The van der Waals surface area contributed by atoms with Crippen molar-refractivity contribution in [3.05, 3.63) is 36.4 Å². The molecule has 4 aromatic rings. The summed E-state index contributed by atoms with van der Waals surface area (Å²) < 4.78 is 17.1. The molecule has 5 heterocycles. The topological polar surface area (TPSA) is 67.7 Å². The first-order chi connectivity index (χ1) is 14.1. The van der Waals surface area contributed by atoms with E-state index in [1.54, 1.807) is 29.3 Å². The lowest BCUT2D eigenvalue weighted by Gasteiger charge is -2.29. The third-order valence-corrected chi connectivity index (χ3v) is 7.00. The minimum atomic E-state index is -0.327. The number of thiazole rings is 1. The van der Waals surface area contributed by atoms with Crippen LogP contribution in [0.5, 0.6) is 0 Å². The van der Waals surface area contributed by atoms with Gasteiger partial charge in [0.15, 0.2) is 10.9 Å². The van der Waals surface area contributed by atoms with Gasteiger partial charge < -0.3 is 10.6 Å². The number of hydrogen-bond donors (Lipinski definition) is 2. The van der Waals surface area contributed by atoms with Crippen molar-refractivity contribution in [2.45, 2.75) is 43.8 Å². The summed E-state index contributed by atoms with van der Waals surface area (Å²) in [6, 6.07) is 7.21. The van der Waals surface area contributed by atoms with Crippen molar-refractivity contribution in [1.29, 1.82) is 0 Å². The third kappa shape index (κ3) is 3.07. The summed E-state index contributed by atoms with van der Waals surface area (Å²) in [5.74, 6) is -0.327. The summed E-state index contributed by atoms with van der Waals surface area (Å²) >= 11 is 1.64. The number of nitrogens with one attached hydrogen (secondary N) is 2. The molecule has 0 radical (unpaired) electrons. The van der Waals surface area contributed by atoms with Crippen molar-refractivity contribution in [3.8, 4) is 11.3 Å². The second-order valence-corrected chi connectivity index (χ2v) is 9.24. The first kappa shape index (κ1) is 17.3. The Morgan fingerprint density at radius 3 is 2.86 bits per heavy atom. The van der Waals surface area contributed by atoms with Crippen molar-refractivity contribution in [2.75, 3.05) is 5.32 Å². The number of rotatable bonds is 3. The lowest BCUT2D eigenvalue weighted by atomic mass is 10.0. The Bertz CT molecular complexity index is 1220. The van der Waals surface area contributed by atoms with Gasteiger partial charge in [0.1, 0.15) is 11.0 Å². The van der Waals surface area contributed by atoms with Gasteiger partial charge in [-0.15, -0.1) is 0 Å². The maximum Gasteiger partial charge on any atom is 0.184 e. The van der Waals surface area contributed by atoms with Crippen molar-refractivity contribution in [1.82, 2.24) is 25.1 Å². The molecular weight excluding hydrogens is 387 g/mol. The number of aromatic nitrogens is 4. The summed E-state index contributed by atoms with van der Waals surface area (Å²) in [6.45, 7) is 0. The van der Waals surface area contributed by atoms with Crippen LogP contribution >= 0.6 is 11.3 Å². The van der Waals surface area contributed by atoms with Crippen LogP contribution in [0.15, 0.2) is 30.6 Å². The van der Waals surface area contributed by atoms with Gasteiger partial charge in [0.05, 0.1) is 16.6 Å². The molecular formula is C21H21FN6S. The van der Waals surface area contributed by atoms with E-state index in [0.29, 0.717) is 23.6 Å². The predicted molar refractivity (Wildman–Crippen MR) is 114 cm³/mol. The number of piperidine rings is 1. The third-order valence-electron chi connectivity index (χ3n) is 6.05. The average Bonchev–Trinajstić information content (AvgIpc) is 3.36. The van der Waals surface area contributed by atoms with Gasteiger partial charge in [-0.3, -0.25) is 9.67 Å². The lowest BCUT2D eigenvalue weighted by molar-refractivity contribution is 0.378. The molecule has 0 amide bonds. The standard InChI is InChI=1S/C21H21FN6S/c1-28-10-12-4-11(5-16(22)20(12)27-28)17-8-19-18(9-23-17)26-21(29-19)25-15-6-13-2-3-14(7-15)24-13/h4-5,8-10,13-15,24H,2-3,6-7H2,1H3,(H,25,26)/t13-,14+,15?. The Kier molecular flexibility index (Phi) is 3.86. The van der Waals surface area contributed by atoms with E-state index in [1.807, 2.05) is 18.3 Å². The van der Waals surface area contributed by atoms with Gasteiger partial charge in [0.25, 0.3) is 0 Å². The molecule has 0 saturated carbocycles. The molecule has 2 bridgehead atoms. The fourth-order valence-corrected chi connectivity index (χ4v) is 5.71. The first-order valence-electron chi connectivity index (χ1n) is 10.0. The van der Waals surface area contributed by atoms with Crippen LogP contribution in [0, 0.1) is 5.82 Å². The smallest absolute Gasteiger partial charge is 0.184 e. The van der Waals surface area contributed by atoms with E-state index < -0.39 is 0 Å². The summed E-state index contributed by atoms with van der Waals surface area (Å²) in [5.41, 5.74) is 2.76. The van der Waals surface area contributed by atoms with Gasteiger partial charge in [-0.2, -0.15) is 5.10 Å². The Hall–Kier alpha value is -2.58. The minimum Gasteiger partial charge on any atom is -0.359 e. The van der Waals surface area contributed by atoms with Crippen LogP contribution in [0.25, 0.3) is 32.4 Å². The van der Waals surface area contributed by atoms with Crippen molar-refractivity contribution < 1.29 is 4.39 Å². The molecule has 0 aliphatic carbocycles.